The first-order chi connectivity index (χ1) is 13.6. The Labute approximate surface area is 165 Å². The number of nitrogens with one attached hydrogen (secondary N) is 2. The number of ether oxygens (including phenoxy) is 2. The highest BCUT2D eigenvalue weighted by Gasteiger charge is 2.13. The summed E-state index contributed by atoms with van der Waals surface area (Å²) < 4.78 is 11.4. The van der Waals surface area contributed by atoms with E-state index in [9.17, 15) is 0 Å². The van der Waals surface area contributed by atoms with Crippen molar-refractivity contribution in [2.45, 2.75) is 52.2 Å². The Balaban J connectivity index is 1.79. The molecular weight excluding hydrogens is 354 g/mol. The van der Waals surface area contributed by atoms with Gasteiger partial charge in [-0.05, 0) is 38.5 Å². The molecule has 0 saturated carbocycles. The van der Waals surface area contributed by atoms with E-state index in [2.05, 4.69) is 32.4 Å². The molecule has 0 bridgehead atoms. The van der Waals surface area contributed by atoms with E-state index in [0.717, 1.165) is 53.1 Å². The molecule has 0 aliphatic rings. The minimum atomic E-state index is 0.115. The monoisotopic (exact) mass is 383 g/mol. The molecule has 1 atom stereocenters. The molecule has 0 fully saturated rings. The summed E-state index contributed by atoms with van der Waals surface area (Å²) in [5.74, 6) is 1.57. The van der Waals surface area contributed by atoms with E-state index in [0.29, 0.717) is 6.54 Å². The molecule has 3 aromatic rings. The summed E-state index contributed by atoms with van der Waals surface area (Å²) in [6, 6.07) is 7.83. The normalized spacial score (nSPS) is 12.5. The molecule has 7 heteroatoms. The van der Waals surface area contributed by atoms with Crippen LogP contribution in [0.1, 0.15) is 40.0 Å². The molecule has 28 heavy (non-hydrogen) atoms. The molecule has 0 spiro atoms. The quantitative estimate of drug-likeness (QED) is 0.539. The zero-order valence-corrected chi connectivity index (χ0v) is 17.0. The first-order valence-corrected chi connectivity index (χ1v) is 9.84. The standard InChI is InChI=1S/C21H29N5O2/c1-5-6-7-16(27-4)12-22-20-11-19(23-13-24-20)21-17-10-15(28-14(2)3)8-9-18(17)25-26-21/h8-11,13-14,16H,5-7,12H2,1-4H3,(H,25,26)(H,22,23,24). The molecule has 150 valence electrons. The molecule has 0 radical (unpaired) electrons. The van der Waals surface area contributed by atoms with Crippen LogP contribution >= 0.6 is 0 Å². The van der Waals surface area contributed by atoms with Gasteiger partial charge in [0.1, 0.15) is 23.6 Å². The van der Waals surface area contributed by atoms with Crippen LogP contribution in [0.25, 0.3) is 22.3 Å². The number of fused-ring (bicyclic) bond motifs is 1. The van der Waals surface area contributed by atoms with Crippen LogP contribution in [0, 0.1) is 0 Å². The minimum Gasteiger partial charge on any atom is -0.491 e. The summed E-state index contributed by atoms with van der Waals surface area (Å²) in [5, 5.41) is 11.8. The number of aromatic amines is 1. The lowest BCUT2D eigenvalue weighted by molar-refractivity contribution is 0.103. The van der Waals surface area contributed by atoms with Gasteiger partial charge in [0.15, 0.2) is 0 Å². The van der Waals surface area contributed by atoms with Gasteiger partial charge in [0.2, 0.25) is 0 Å². The van der Waals surface area contributed by atoms with E-state index in [1.807, 2.05) is 38.1 Å². The number of benzene rings is 1. The SMILES string of the molecule is CCCCC(CNc1cc(-c2n[nH]c3ccc(OC(C)C)cc23)ncn1)OC. The largest absolute Gasteiger partial charge is 0.491 e. The van der Waals surface area contributed by atoms with Crippen LogP contribution in [0.2, 0.25) is 0 Å². The van der Waals surface area contributed by atoms with Gasteiger partial charge < -0.3 is 14.8 Å². The first kappa shape index (κ1) is 20.1. The summed E-state index contributed by atoms with van der Waals surface area (Å²) in [6.07, 6.45) is 5.17. The number of hydrogen-bond donors (Lipinski definition) is 2. The van der Waals surface area contributed by atoms with Gasteiger partial charge in [-0.3, -0.25) is 5.10 Å². The topological polar surface area (TPSA) is 85.0 Å². The molecule has 1 unspecified atom stereocenters. The first-order valence-electron chi connectivity index (χ1n) is 9.84. The zero-order valence-electron chi connectivity index (χ0n) is 17.0. The van der Waals surface area contributed by atoms with Gasteiger partial charge in [0.25, 0.3) is 0 Å². The maximum Gasteiger partial charge on any atom is 0.130 e. The van der Waals surface area contributed by atoms with Crippen molar-refractivity contribution >= 4 is 16.7 Å². The highest BCUT2D eigenvalue weighted by Crippen LogP contribution is 2.29. The third kappa shape index (κ3) is 4.98. The summed E-state index contributed by atoms with van der Waals surface area (Å²) in [4.78, 5) is 8.75. The van der Waals surface area contributed by atoms with Crippen molar-refractivity contribution in [3.05, 3.63) is 30.6 Å². The lowest BCUT2D eigenvalue weighted by atomic mass is 10.1. The maximum absolute atomic E-state index is 5.82. The lowest BCUT2D eigenvalue weighted by Crippen LogP contribution is -2.22. The number of aromatic nitrogens is 4. The van der Waals surface area contributed by atoms with E-state index in [1.165, 1.54) is 0 Å². The van der Waals surface area contributed by atoms with Crippen molar-refractivity contribution in [3.8, 4) is 17.1 Å². The van der Waals surface area contributed by atoms with Gasteiger partial charge in [0.05, 0.1) is 23.4 Å². The minimum absolute atomic E-state index is 0.115. The average Bonchev–Trinajstić information content (AvgIpc) is 3.11. The number of rotatable bonds is 10. The Kier molecular flexibility index (Phi) is 6.81. The molecule has 2 N–H and O–H groups in total. The second kappa shape index (κ2) is 9.50. The van der Waals surface area contributed by atoms with Crippen LogP contribution in [0.15, 0.2) is 30.6 Å². The molecule has 0 aliphatic heterocycles. The lowest BCUT2D eigenvalue weighted by Gasteiger charge is -2.16. The Morgan fingerprint density at radius 1 is 1.18 bits per heavy atom. The van der Waals surface area contributed by atoms with Gasteiger partial charge in [-0.25, -0.2) is 9.97 Å². The van der Waals surface area contributed by atoms with E-state index in [4.69, 9.17) is 9.47 Å². The third-order valence-corrected chi connectivity index (χ3v) is 4.54. The van der Waals surface area contributed by atoms with Gasteiger partial charge in [0, 0.05) is 25.1 Å². The molecule has 0 amide bonds. The number of nitrogens with zero attached hydrogens (tertiary/aromatic N) is 3. The van der Waals surface area contributed by atoms with Crippen LogP contribution in [0.5, 0.6) is 5.75 Å². The van der Waals surface area contributed by atoms with E-state index >= 15 is 0 Å². The molecule has 2 aromatic heterocycles. The number of H-pyrrole nitrogens is 1. The number of hydrogen-bond acceptors (Lipinski definition) is 6. The third-order valence-electron chi connectivity index (χ3n) is 4.54. The maximum atomic E-state index is 5.82. The van der Waals surface area contributed by atoms with Crippen molar-refractivity contribution in [3.63, 3.8) is 0 Å². The summed E-state index contributed by atoms with van der Waals surface area (Å²) in [7, 11) is 1.75. The van der Waals surface area contributed by atoms with Gasteiger partial charge in [-0.15, -0.1) is 0 Å². The number of unbranched alkanes of at least 4 members (excludes halogenated alkanes) is 1. The second-order valence-corrected chi connectivity index (χ2v) is 7.12. The van der Waals surface area contributed by atoms with Crippen LogP contribution in [0.4, 0.5) is 5.82 Å². The summed E-state index contributed by atoms with van der Waals surface area (Å²) >= 11 is 0. The average molecular weight is 383 g/mol. The van der Waals surface area contributed by atoms with Crippen LogP contribution < -0.4 is 10.1 Å². The fraction of sp³-hybridized carbons (Fsp3) is 0.476. The number of methoxy groups -OCH3 is 1. The Bertz CT molecular complexity index is 893. The summed E-state index contributed by atoms with van der Waals surface area (Å²) in [5.41, 5.74) is 2.48. The van der Waals surface area contributed by atoms with E-state index in [1.54, 1.807) is 13.4 Å². The van der Waals surface area contributed by atoms with Gasteiger partial charge in [-0.1, -0.05) is 19.8 Å². The summed E-state index contributed by atoms with van der Waals surface area (Å²) in [6.45, 7) is 6.91. The molecule has 0 aliphatic carbocycles. The number of anilines is 1. The Morgan fingerprint density at radius 3 is 2.79 bits per heavy atom. The molecule has 3 rings (SSSR count). The second-order valence-electron chi connectivity index (χ2n) is 7.12. The molecule has 2 heterocycles. The highest BCUT2D eigenvalue weighted by atomic mass is 16.5. The van der Waals surface area contributed by atoms with Gasteiger partial charge in [-0.2, -0.15) is 5.10 Å². The van der Waals surface area contributed by atoms with E-state index < -0.39 is 0 Å². The molecule has 0 saturated heterocycles. The van der Waals surface area contributed by atoms with Crippen molar-refractivity contribution in [2.24, 2.45) is 0 Å². The predicted octanol–water partition coefficient (Wildman–Crippen LogP) is 4.42. The fourth-order valence-corrected chi connectivity index (χ4v) is 3.07. The molecule has 7 nitrogen and oxygen atoms in total. The zero-order chi connectivity index (χ0) is 19.9. The van der Waals surface area contributed by atoms with E-state index in [-0.39, 0.29) is 12.2 Å². The van der Waals surface area contributed by atoms with Crippen LogP contribution in [-0.4, -0.2) is 46.0 Å². The van der Waals surface area contributed by atoms with Crippen molar-refractivity contribution < 1.29 is 9.47 Å². The Hall–Kier alpha value is -2.67. The van der Waals surface area contributed by atoms with Crippen molar-refractivity contribution in [1.29, 1.82) is 0 Å². The molecular formula is C21H29N5O2. The smallest absolute Gasteiger partial charge is 0.130 e. The fourth-order valence-electron chi connectivity index (χ4n) is 3.07. The molecule has 1 aromatic carbocycles. The van der Waals surface area contributed by atoms with Crippen LogP contribution in [0.3, 0.4) is 0 Å². The Morgan fingerprint density at radius 2 is 2.04 bits per heavy atom. The highest BCUT2D eigenvalue weighted by molar-refractivity contribution is 5.93. The van der Waals surface area contributed by atoms with Gasteiger partial charge >= 0.3 is 0 Å². The van der Waals surface area contributed by atoms with Crippen LogP contribution in [-0.2, 0) is 4.74 Å². The van der Waals surface area contributed by atoms with Crippen molar-refractivity contribution in [1.82, 2.24) is 20.2 Å². The predicted molar refractivity (Wildman–Crippen MR) is 112 cm³/mol. The van der Waals surface area contributed by atoms with Crippen molar-refractivity contribution in [2.75, 3.05) is 19.0 Å².